The fraction of sp³-hybridized carbons (Fsp3) is 0.500. The van der Waals surface area contributed by atoms with Crippen molar-refractivity contribution in [3.63, 3.8) is 0 Å². The van der Waals surface area contributed by atoms with E-state index in [9.17, 15) is 4.79 Å². The zero-order valence-corrected chi connectivity index (χ0v) is 18.7. The molecule has 5 heteroatoms. The smallest absolute Gasteiger partial charge is 0.220 e. The zero-order chi connectivity index (χ0) is 21.5. The molecule has 5 nitrogen and oxygen atoms in total. The molecule has 2 aromatic rings. The second kappa shape index (κ2) is 10.7. The van der Waals surface area contributed by atoms with Gasteiger partial charge in [-0.2, -0.15) is 0 Å². The van der Waals surface area contributed by atoms with Crippen LogP contribution in [-0.2, 0) is 11.2 Å². The summed E-state index contributed by atoms with van der Waals surface area (Å²) < 4.78 is 5.35. The van der Waals surface area contributed by atoms with Gasteiger partial charge >= 0.3 is 0 Å². The lowest BCUT2D eigenvalue weighted by Gasteiger charge is -2.36. The van der Waals surface area contributed by atoms with Gasteiger partial charge < -0.3 is 15.0 Å². The van der Waals surface area contributed by atoms with Crippen LogP contribution in [0.25, 0.3) is 0 Å². The summed E-state index contributed by atoms with van der Waals surface area (Å²) in [5.74, 6) is 1.43. The first-order valence-corrected chi connectivity index (χ1v) is 11.7. The molecule has 0 spiro atoms. The number of hydrogen-bond acceptors (Lipinski definition) is 4. The number of ether oxygens (including phenoxy) is 1. The van der Waals surface area contributed by atoms with Crippen LogP contribution in [0.15, 0.2) is 48.5 Å². The standard InChI is InChI=1S/C26H35N3O2/c1-31-24-11-12-25-21(19-24)7-5-8-22(25)20-26(30)27-13-6-14-28-15-17-29(18-16-28)23-9-3-2-4-10-23/h2-4,9-12,19,22H,5-8,13-18,20H2,1H3,(H,27,30). The summed E-state index contributed by atoms with van der Waals surface area (Å²) in [6.45, 7) is 6.13. The Morgan fingerprint density at radius 3 is 2.68 bits per heavy atom. The summed E-state index contributed by atoms with van der Waals surface area (Å²) in [7, 11) is 1.71. The second-order valence-corrected chi connectivity index (χ2v) is 8.73. The first-order valence-electron chi connectivity index (χ1n) is 11.7. The maximum atomic E-state index is 12.5. The minimum absolute atomic E-state index is 0.183. The Balaban J connectivity index is 1.15. The summed E-state index contributed by atoms with van der Waals surface area (Å²) in [4.78, 5) is 17.5. The Morgan fingerprint density at radius 1 is 1.10 bits per heavy atom. The molecule has 1 fully saturated rings. The van der Waals surface area contributed by atoms with E-state index < -0.39 is 0 Å². The fourth-order valence-corrected chi connectivity index (χ4v) is 4.93. The number of hydrogen-bond donors (Lipinski definition) is 1. The first-order chi connectivity index (χ1) is 15.2. The van der Waals surface area contributed by atoms with Crippen LogP contribution in [0.4, 0.5) is 5.69 Å². The third-order valence-corrected chi connectivity index (χ3v) is 6.69. The van der Waals surface area contributed by atoms with Crippen molar-refractivity contribution in [2.75, 3.05) is 51.3 Å². The highest BCUT2D eigenvalue weighted by Gasteiger charge is 2.23. The van der Waals surface area contributed by atoms with Gasteiger partial charge in [-0.15, -0.1) is 0 Å². The topological polar surface area (TPSA) is 44.8 Å². The summed E-state index contributed by atoms with van der Waals surface area (Å²) in [5, 5.41) is 3.16. The highest BCUT2D eigenvalue weighted by molar-refractivity contribution is 5.77. The number of nitrogens with one attached hydrogen (secondary N) is 1. The molecule has 1 N–H and O–H groups in total. The normalized spacial score (nSPS) is 19.0. The number of carbonyl (C=O) groups is 1. The SMILES string of the molecule is COc1ccc2c(c1)CCCC2CC(=O)NCCCN1CCN(c2ccccc2)CC1. The van der Waals surface area contributed by atoms with Crippen LogP contribution in [0, 0.1) is 0 Å². The van der Waals surface area contributed by atoms with Gasteiger partial charge in [0.05, 0.1) is 7.11 Å². The molecule has 1 unspecified atom stereocenters. The van der Waals surface area contributed by atoms with Crippen molar-refractivity contribution < 1.29 is 9.53 Å². The molecule has 0 bridgehead atoms. The van der Waals surface area contributed by atoms with E-state index in [1.54, 1.807) is 7.11 Å². The highest BCUT2D eigenvalue weighted by Crippen LogP contribution is 2.35. The Morgan fingerprint density at radius 2 is 1.90 bits per heavy atom. The van der Waals surface area contributed by atoms with Gasteiger partial charge in [-0.3, -0.25) is 9.69 Å². The van der Waals surface area contributed by atoms with Crippen LogP contribution in [0.3, 0.4) is 0 Å². The minimum atomic E-state index is 0.183. The lowest BCUT2D eigenvalue weighted by molar-refractivity contribution is -0.121. The van der Waals surface area contributed by atoms with Crippen LogP contribution in [0.1, 0.15) is 42.7 Å². The maximum Gasteiger partial charge on any atom is 0.220 e. The average Bonchev–Trinajstić information content (AvgIpc) is 2.82. The summed E-state index contributed by atoms with van der Waals surface area (Å²) in [5.41, 5.74) is 3.99. The van der Waals surface area contributed by atoms with E-state index in [-0.39, 0.29) is 5.91 Å². The molecule has 1 aliphatic heterocycles. The number of piperazine rings is 1. The summed E-state index contributed by atoms with van der Waals surface area (Å²) >= 11 is 0. The molecular weight excluding hydrogens is 386 g/mol. The van der Waals surface area contributed by atoms with Crippen molar-refractivity contribution >= 4 is 11.6 Å². The van der Waals surface area contributed by atoms with E-state index >= 15 is 0 Å². The van der Waals surface area contributed by atoms with Crippen molar-refractivity contribution in [2.24, 2.45) is 0 Å². The molecular formula is C26H35N3O2. The minimum Gasteiger partial charge on any atom is -0.497 e. The van der Waals surface area contributed by atoms with Gasteiger partial charge in [0, 0.05) is 44.8 Å². The van der Waals surface area contributed by atoms with Gasteiger partial charge in [0.2, 0.25) is 5.91 Å². The largest absolute Gasteiger partial charge is 0.497 e. The van der Waals surface area contributed by atoms with E-state index in [4.69, 9.17) is 4.74 Å². The molecule has 4 rings (SSSR count). The maximum absolute atomic E-state index is 12.5. The predicted octanol–water partition coefficient (Wildman–Crippen LogP) is 3.83. The Kier molecular flexibility index (Phi) is 7.47. The van der Waals surface area contributed by atoms with E-state index in [0.717, 1.165) is 70.7 Å². The number of anilines is 1. The van der Waals surface area contributed by atoms with Gasteiger partial charge in [-0.05, 0) is 73.5 Å². The molecule has 0 aromatic heterocycles. The summed E-state index contributed by atoms with van der Waals surface area (Å²) in [6, 6.07) is 17.0. The number of fused-ring (bicyclic) bond motifs is 1. The van der Waals surface area contributed by atoms with Crippen molar-refractivity contribution in [3.05, 3.63) is 59.7 Å². The fourth-order valence-electron chi connectivity index (χ4n) is 4.93. The number of benzene rings is 2. The lowest BCUT2D eigenvalue weighted by atomic mass is 9.81. The molecule has 1 saturated heterocycles. The molecule has 2 aliphatic rings. The quantitative estimate of drug-likeness (QED) is 0.658. The molecule has 0 saturated carbocycles. The number of para-hydroxylation sites is 1. The van der Waals surface area contributed by atoms with E-state index in [2.05, 4.69) is 57.6 Å². The predicted molar refractivity (Wildman–Crippen MR) is 126 cm³/mol. The van der Waals surface area contributed by atoms with Crippen LogP contribution in [0.5, 0.6) is 5.75 Å². The van der Waals surface area contributed by atoms with Crippen molar-refractivity contribution in [1.82, 2.24) is 10.2 Å². The van der Waals surface area contributed by atoms with Crippen molar-refractivity contribution in [3.8, 4) is 5.75 Å². The van der Waals surface area contributed by atoms with Crippen LogP contribution < -0.4 is 15.0 Å². The number of nitrogens with zero attached hydrogens (tertiary/aromatic N) is 2. The third kappa shape index (κ3) is 5.79. The molecule has 2 aromatic carbocycles. The number of aryl methyl sites for hydroxylation is 1. The van der Waals surface area contributed by atoms with Crippen LogP contribution in [0.2, 0.25) is 0 Å². The highest BCUT2D eigenvalue weighted by atomic mass is 16.5. The Hall–Kier alpha value is -2.53. The van der Waals surface area contributed by atoms with E-state index in [0.29, 0.717) is 12.3 Å². The van der Waals surface area contributed by atoms with Gasteiger partial charge in [-0.1, -0.05) is 24.3 Å². The monoisotopic (exact) mass is 421 g/mol. The summed E-state index contributed by atoms with van der Waals surface area (Å²) in [6.07, 6.45) is 4.93. The third-order valence-electron chi connectivity index (χ3n) is 6.69. The Labute approximate surface area is 186 Å². The van der Waals surface area contributed by atoms with Crippen molar-refractivity contribution in [1.29, 1.82) is 0 Å². The van der Waals surface area contributed by atoms with E-state index in [1.165, 1.54) is 16.8 Å². The number of carbonyl (C=O) groups excluding carboxylic acids is 1. The molecule has 0 radical (unpaired) electrons. The van der Waals surface area contributed by atoms with Crippen LogP contribution >= 0.6 is 0 Å². The molecule has 1 heterocycles. The lowest BCUT2D eigenvalue weighted by Crippen LogP contribution is -2.47. The number of amides is 1. The number of methoxy groups -OCH3 is 1. The molecule has 31 heavy (non-hydrogen) atoms. The molecule has 1 aliphatic carbocycles. The molecule has 1 amide bonds. The molecule has 166 valence electrons. The Bertz CT molecular complexity index is 847. The molecule has 1 atom stereocenters. The van der Waals surface area contributed by atoms with Gasteiger partial charge in [0.25, 0.3) is 0 Å². The zero-order valence-electron chi connectivity index (χ0n) is 18.7. The number of rotatable bonds is 8. The van der Waals surface area contributed by atoms with Crippen LogP contribution in [-0.4, -0.2) is 57.2 Å². The van der Waals surface area contributed by atoms with Gasteiger partial charge in [0.1, 0.15) is 5.75 Å². The average molecular weight is 422 g/mol. The van der Waals surface area contributed by atoms with E-state index in [1.807, 2.05) is 6.07 Å². The first kappa shape index (κ1) is 21.7. The second-order valence-electron chi connectivity index (χ2n) is 8.73. The van der Waals surface area contributed by atoms with Gasteiger partial charge in [0.15, 0.2) is 0 Å². The van der Waals surface area contributed by atoms with Crippen molar-refractivity contribution in [2.45, 2.75) is 38.0 Å². The van der Waals surface area contributed by atoms with Gasteiger partial charge in [-0.25, -0.2) is 0 Å².